The number of nitrogens with zero attached hydrogens (tertiary/aromatic N) is 4. The quantitative estimate of drug-likeness (QED) is 0.222. The molecule has 0 fully saturated rings. The first-order valence-electron chi connectivity index (χ1n) is 11.9. The van der Waals surface area contributed by atoms with Crippen LogP contribution in [0.5, 0.6) is 0 Å². The van der Waals surface area contributed by atoms with E-state index in [2.05, 4.69) is 15.6 Å². The van der Waals surface area contributed by atoms with E-state index >= 15 is 0 Å². The van der Waals surface area contributed by atoms with Gasteiger partial charge in [-0.25, -0.2) is 14.3 Å². The second-order valence-electron chi connectivity index (χ2n) is 9.77. The third-order valence-corrected chi connectivity index (χ3v) is 3.97. The molecule has 0 bridgehead atoms. The summed E-state index contributed by atoms with van der Waals surface area (Å²) in [5.41, 5.74) is -0.757. The molecule has 2 amide bonds. The molecule has 13 heteroatoms. The van der Waals surface area contributed by atoms with Crippen LogP contribution in [-0.2, 0) is 41.6 Å². The van der Waals surface area contributed by atoms with Crippen LogP contribution in [0.25, 0.3) is 0 Å². The molecule has 206 valence electrons. The minimum Gasteiger partial charge on any atom is -0.465 e. The lowest BCUT2D eigenvalue weighted by Crippen LogP contribution is -2.40. The van der Waals surface area contributed by atoms with Gasteiger partial charge in [-0.15, -0.1) is 5.10 Å². The predicted molar refractivity (Wildman–Crippen MR) is 129 cm³/mol. The minimum absolute atomic E-state index is 0.0414. The molecule has 13 nitrogen and oxygen atoms in total. The van der Waals surface area contributed by atoms with E-state index in [1.54, 1.807) is 59.3 Å². The Morgan fingerprint density at radius 2 is 1.61 bits per heavy atom. The SMILES string of the molecule is CCOC(=O)CN(Cc1cn(CCOCCOCCNC(=O)OC(C)(C)C)nn1)C(=O)OC(C)(C)C. The number of ether oxygens (including phenoxy) is 5. The van der Waals surface area contributed by atoms with Crippen molar-refractivity contribution >= 4 is 18.2 Å². The molecule has 0 aliphatic rings. The highest BCUT2D eigenvalue weighted by molar-refractivity contribution is 5.78. The Kier molecular flexibility index (Phi) is 13.2. The van der Waals surface area contributed by atoms with Crippen molar-refractivity contribution in [1.29, 1.82) is 0 Å². The summed E-state index contributed by atoms with van der Waals surface area (Å²) in [6.07, 6.45) is 0.546. The Labute approximate surface area is 212 Å². The predicted octanol–water partition coefficient (Wildman–Crippen LogP) is 2.14. The van der Waals surface area contributed by atoms with Crippen molar-refractivity contribution in [1.82, 2.24) is 25.2 Å². The summed E-state index contributed by atoms with van der Waals surface area (Å²) in [5.74, 6) is -0.535. The van der Waals surface area contributed by atoms with Crippen molar-refractivity contribution in [3.63, 3.8) is 0 Å². The molecule has 0 aliphatic heterocycles. The van der Waals surface area contributed by atoms with E-state index in [0.29, 0.717) is 45.2 Å². The van der Waals surface area contributed by atoms with Crippen molar-refractivity contribution in [2.75, 3.05) is 46.1 Å². The summed E-state index contributed by atoms with van der Waals surface area (Å²) >= 11 is 0. The number of alkyl carbamates (subject to hydrolysis) is 1. The highest BCUT2D eigenvalue weighted by Crippen LogP contribution is 2.12. The Balaban J connectivity index is 2.34. The van der Waals surface area contributed by atoms with Gasteiger partial charge in [0.25, 0.3) is 0 Å². The Morgan fingerprint density at radius 1 is 0.972 bits per heavy atom. The summed E-state index contributed by atoms with van der Waals surface area (Å²) in [5, 5.41) is 10.7. The number of rotatable bonds is 14. The lowest BCUT2D eigenvalue weighted by Gasteiger charge is -2.26. The number of carbonyl (C=O) groups excluding carboxylic acids is 3. The van der Waals surface area contributed by atoms with Crippen LogP contribution in [-0.4, -0.2) is 95.4 Å². The first kappa shape index (κ1) is 31.1. The van der Waals surface area contributed by atoms with Gasteiger partial charge in [0.15, 0.2) is 0 Å². The highest BCUT2D eigenvalue weighted by atomic mass is 16.6. The maximum absolute atomic E-state index is 12.5. The zero-order chi connectivity index (χ0) is 27.2. The zero-order valence-corrected chi connectivity index (χ0v) is 22.5. The van der Waals surface area contributed by atoms with Crippen LogP contribution in [0.3, 0.4) is 0 Å². The van der Waals surface area contributed by atoms with Gasteiger partial charge in [0, 0.05) is 6.54 Å². The van der Waals surface area contributed by atoms with Gasteiger partial charge in [0.05, 0.1) is 52.3 Å². The maximum Gasteiger partial charge on any atom is 0.411 e. The lowest BCUT2D eigenvalue weighted by atomic mass is 10.2. The molecule has 36 heavy (non-hydrogen) atoms. The van der Waals surface area contributed by atoms with E-state index in [1.165, 1.54) is 4.90 Å². The summed E-state index contributed by atoms with van der Waals surface area (Å²) in [6.45, 7) is 14.6. The van der Waals surface area contributed by atoms with Crippen LogP contribution in [0, 0.1) is 0 Å². The average molecular weight is 516 g/mol. The van der Waals surface area contributed by atoms with Crippen molar-refractivity contribution < 1.29 is 38.1 Å². The van der Waals surface area contributed by atoms with Gasteiger partial charge in [0.2, 0.25) is 0 Å². The third-order valence-electron chi connectivity index (χ3n) is 3.97. The molecule has 0 saturated heterocycles. The van der Waals surface area contributed by atoms with Crippen LogP contribution >= 0.6 is 0 Å². The van der Waals surface area contributed by atoms with Crippen molar-refractivity contribution in [2.45, 2.75) is 72.8 Å². The highest BCUT2D eigenvalue weighted by Gasteiger charge is 2.25. The molecular weight excluding hydrogens is 474 g/mol. The molecule has 0 atom stereocenters. The van der Waals surface area contributed by atoms with Crippen molar-refractivity contribution in [3.8, 4) is 0 Å². The number of aromatic nitrogens is 3. The van der Waals surface area contributed by atoms with Crippen molar-refractivity contribution in [2.24, 2.45) is 0 Å². The Bertz CT molecular complexity index is 816. The first-order valence-corrected chi connectivity index (χ1v) is 11.9. The minimum atomic E-state index is -0.711. The maximum atomic E-state index is 12.5. The van der Waals surface area contributed by atoms with Crippen LogP contribution in [0.4, 0.5) is 9.59 Å². The fraction of sp³-hybridized carbons (Fsp3) is 0.783. The number of carbonyl (C=O) groups is 3. The second-order valence-corrected chi connectivity index (χ2v) is 9.77. The molecule has 0 aromatic carbocycles. The number of amides is 2. The Hall–Kier alpha value is -2.93. The zero-order valence-electron chi connectivity index (χ0n) is 22.5. The van der Waals surface area contributed by atoms with E-state index in [0.717, 1.165) is 0 Å². The molecule has 0 saturated carbocycles. The molecule has 0 aliphatic carbocycles. The third kappa shape index (κ3) is 15.1. The van der Waals surface area contributed by atoms with E-state index in [-0.39, 0.29) is 19.7 Å². The number of hydrogen-bond donors (Lipinski definition) is 1. The summed E-state index contributed by atoms with van der Waals surface area (Å²) < 4.78 is 28.0. The summed E-state index contributed by atoms with van der Waals surface area (Å²) in [4.78, 5) is 37.2. The molecular formula is C23H41N5O8. The van der Waals surface area contributed by atoms with Gasteiger partial charge in [-0.2, -0.15) is 0 Å². The molecule has 1 aromatic rings. The van der Waals surface area contributed by atoms with Gasteiger partial charge in [0.1, 0.15) is 23.4 Å². The van der Waals surface area contributed by atoms with E-state index in [1.807, 2.05) is 0 Å². The monoisotopic (exact) mass is 515 g/mol. The van der Waals surface area contributed by atoms with Crippen LogP contribution in [0.15, 0.2) is 6.20 Å². The van der Waals surface area contributed by atoms with Crippen LogP contribution in [0.2, 0.25) is 0 Å². The number of nitrogens with one attached hydrogen (secondary N) is 1. The van der Waals surface area contributed by atoms with Crippen LogP contribution in [0.1, 0.15) is 54.2 Å². The van der Waals surface area contributed by atoms with Gasteiger partial charge in [-0.3, -0.25) is 9.69 Å². The van der Waals surface area contributed by atoms with Crippen molar-refractivity contribution in [3.05, 3.63) is 11.9 Å². The van der Waals surface area contributed by atoms with E-state index in [4.69, 9.17) is 23.7 Å². The van der Waals surface area contributed by atoms with Gasteiger partial charge < -0.3 is 29.0 Å². The van der Waals surface area contributed by atoms with Gasteiger partial charge in [-0.05, 0) is 48.5 Å². The standard InChI is InChI=1S/C23H41N5O8/c1-8-34-19(29)17-27(21(31)36-23(5,6)7)15-18-16-28(26-25-18)10-12-33-14-13-32-11-9-24-20(30)35-22(2,3)4/h16H,8-15,17H2,1-7H3,(H,24,30). The lowest BCUT2D eigenvalue weighted by molar-refractivity contribution is -0.144. The fourth-order valence-electron chi connectivity index (χ4n) is 2.61. The molecule has 0 radical (unpaired) electrons. The van der Waals surface area contributed by atoms with Gasteiger partial charge >= 0.3 is 18.2 Å². The second kappa shape index (κ2) is 15.2. The summed E-state index contributed by atoms with van der Waals surface area (Å²) in [7, 11) is 0. The largest absolute Gasteiger partial charge is 0.465 e. The normalized spacial score (nSPS) is 11.6. The topological polar surface area (TPSA) is 143 Å². The summed E-state index contributed by atoms with van der Waals surface area (Å²) in [6, 6.07) is 0. The van der Waals surface area contributed by atoms with E-state index < -0.39 is 29.4 Å². The molecule has 0 unspecified atom stereocenters. The van der Waals surface area contributed by atoms with Crippen LogP contribution < -0.4 is 5.32 Å². The number of hydrogen-bond acceptors (Lipinski definition) is 10. The Morgan fingerprint density at radius 3 is 2.22 bits per heavy atom. The molecule has 1 heterocycles. The first-order chi connectivity index (χ1) is 16.8. The molecule has 0 spiro atoms. The fourth-order valence-corrected chi connectivity index (χ4v) is 2.61. The average Bonchev–Trinajstić information content (AvgIpc) is 3.17. The van der Waals surface area contributed by atoms with E-state index in [9.17, 15) is 14.4 Å². The molecule has 1 N–H and O–H groups in total. The molecule has 1 aromatic heterocycles. The molecule has 1 rings (SSSR count). The number of esters is 1. The van der Waals surface area contributed by atoms with Gasteiger partial charge in [-0.1, -0.05) is 5.21 Å². The smallest absolute Gasteiger partial charge is 0.411 e.